The molecule has 5 aromatic rings. The summed E-state index contributed by atoms with van der Waals surface area (Å²) in [6.45, 7) is 0. The fourth-order valence-electron chi connectivity index (χ4n) is 4.49. The van der Waals surface area contributed by atoms with Crippen LogP contribution in [0.1, 0.15) is 15.9 Å². The quantitative estimate of drug-likeness (QED) is 0.248. The van der Waals surface area contributed by atoms with Crippen molar-refractivity contribution in [2.75, 3.05) is 0 Å². The molecule has 130 valence electrons. The third-order valence-corrected chi connectivity index (χ3v) is 5.77. The average molecular weight is 358 g/mol. The third-order valence-electron chi connectivity index (χ3n) is 5.77. The Hall–Kier alpha value is -3.78. The van der Waals surface area contributed by atoms with Crippen LogP contribution in [0, 0.1) is 0 Å². The lowest BCUT2D eigenvalue weighted by Gasteiger charge is -2.16. The van der Waals surface area contributed by atoms with Crippen LogP contribution in [0.25, 0.3) is 49.2 Å². The average Bonchev–Trinajstić information content (AvgIpc) is 2.75. The minimum Gasteiger partial charge on any atom is -0.286 e. The van der Waals surface area contributed by atoms with E-state index in [4.69, 9.17) is 0 Å². The maximum absolute atomic E-state index is 12.9. The van der Waals surface area contributed by atoms with Crippen molar-refractivity contribution in [1.82, 2.24) is 0 Å². The first kappa shape index (κ1) is 15.3. The van der Waals surface area contributed by atoms with Crippen molar-refractivity contribution in [3.8, 4) is 0 Å². The molecule has 0 unspecified atom stereocenters. The maximum atomic E-state index is 12.9. The Morgan fingerprint density at radius 2 is 1.11 bits per heavy atom. The summed E-state index contributed by atoms with van der Waals surface area (Å²) in [6, 6.07) is 24.8. The van der Waals surface area contributed by atoms with E-state index >= 15 is 0 Å². The molecule has 0 saturated carbocycles. The van der Waals surface area contributed by atoms with Crippen molar-refractivity contribution < 1.29 is 9.59 Å². The Balaban J connectivity index is 1.98. The van der Waals surface area contributed by atoms with E-state index in [-0.39, 0.29) is 0 Å². The van der Waals surface area contributed by atoms with Gasteiger partial charge in [-0.15, -0.1) is 0 Å². The van der Waals surface area contributed by atoms with Gasteiger partial charge in [-0.25, -0.2) is 0 Å². The highest BCUT2D eigenvalue weighted by Gasteiger charge is 2.25. The van der Waals surface area contributed by atoms with E-state index in [2.05, 4.69) is 42.5 Å². The molecule has 0 spiro atoms. The molecule has 0 N–H and O–H groups in total. The summed E-state index contributed by atoms with van der Waals surface area (Å²) >= 11 is 0. The van der Waals surface area contributed by atoms with Crippen molar-refractivity contribution in [2.45, 2.75) is 0 Å². The van der Waals surface area contributed by atoms with Gasteiger partial charge in [-0.05, 0) is 49.3 Å². The van der Waals surface area contributed by atoms with Crippen molar-refractivity contribution >= 4 is 60.7 Å². The first-order valence-electron chi connectivity index (χ1n) is 9.29. The molecule has 0 amide bonds. The van der Waals surface area contributed by atoms with Gasteiger partial charge in [0.2, 0.25) is 11.6 Å². The third kappa shape index (κ3) is 1.92. The summed E-state index contributed by atoms with van der Waals surface area (Å²) < 4.78 is 0. The van der Waals surface area contributed by atoms with Crippen LogP contribution in [0.15, 0.2) is 78.9 Å². The van der Waals surface area contributed by atoms with Crippen molar-refractivity contribution in [3.05, 3.63) is 90.0 Å². The summed E-state index contributed by atoms with van der Waals surface area (Å²) in [5, 5.41) is 8.53. The molecule has 1 aliphatic carbocycles. The maximum Gasteiger partial charge on any atom is 0.234 e. The van der Waals surface area contributed by atoms with Crippen molar-refractivity contribution in [1.29, 1.82) is 0 Å². The Kier molecular flexibility index (Phi) is 2.93. The molecule has 0 radical (unpaired) electrons. The summed E-state index contributed by atoms with van der Waals surface area (Å²) in [5.41, 5.74) is 1.33. The number of benzene rings is 5. The standard InChI is InChI=1S/C26H14O2/c27-21-14-13-19-12-11-18-10-9-17-8-7-16-6-5-15-3-1-2-4-20(15)22(16)23(17)24(18)25(19)26(21)28/h1-14H. The van der Waals surface area contributed by atoms with Crippen LogP contribution in [0.5, 0.6) is 0 Å². The van der Waals surface area contributed by atoms with Crippen LogP contribution in [-0.4, -0.2) is 11.6 Å². The molecule has 0 heterocycles. The molecule has 2 nitrogen and oxygen atoms in total. The fraction of sp³-hybridized carbons (Fsp3) is 0. The highest BCUT2D eigenvalue weighted by atomic mass is 16.2. The lowest BCUT2D eigenvalue weighted by atomic mass is 9.85. The van der Waals surface area contributed by atoms with Gasteiger partial charge < -0.3 is 0 Å². The van der Waals surface area contributed by atoms with Crippen LogP contribution in [-0.2, 0) is 4.79 Å². The Bertz CT molecular complexity index is 1530. The number of hydrogen-bond acceptors (Lipinski definition) is 2. The second kappa shape index (κ2) is 5.37. The molecule has 5 aromatic carbocycles. The molecule has 0 aromatic heterocycles. The Morgan fingerprint density at radius 1 is 0.500 bits per heavy atom. The van der Waals surface area contributed by atoms with E-state index in [1.54, 1.807) is 6.08 Å². The van der Waals surface area contributed by atoms with Crippen LogP contribution in [0.3, 0.4) is 0 Å². The van der Waals surface area contributed by atoms with Crippen molar-refractivity contribution in [2.24, 2.45) is 0 Å². The topological polar surface area (TPSA) is 34.1 Å². The van der Waals surface area contributed by atoms with Gasteiger partial charge in [0.05, 0.1) is 0 Å². The molecule has 28 heavy (non-hydrogen) atoms. The molecule has 0 fully saturated rings. The molecule has 0 atom stereocenters. The largest absolute Gasteiger partial charge is 0.286 e. The van der Waals surface area contributed by atoms with Crippen LogP contribution < -0.4 is 0 Å². The zero-order valence-electron chi connectivity index (χ0n) is 14.9. The first-order chi connectivity index (χ1) is 13.7. The van der Waals surface area contributed by atoms with Gasteiger partial charge in [0.15, 0.2) is 0 Å². The van der Waals surface area contributed by atoms with E-state index in [1.807, 2.05) is 30.3 Å². The van der Waals surface area contributed by atoms with E-state index in [0.29, 0.717) is 5.56 Å². The van der Waals surface area contributed by atoms with E-state index in [0.717, 1.165) is 48.7 Å². The molecule has 2 heteroatoms. The Morgan fingerprint density at radius 3 is 1.89 bits per heavy atom. The molecule has 0 bridgehead atoms. The van der Waals surface area contributed by atoms with Crippen molar-refractivity contribution in [3.63, 3.8) is 0 Å². The lowest BCUT2D eigenvalue weighted by Crippen LogP contribution is -2.16. The SMILES string of the molecule is O=C1C=Cc2ccc3ccc4ccc5ccc6ccccc6c5c4c3c2C1=O. The second-order valence-electron chi connectivity index (χ2n) is 7.27. The van der Waals surface area contributed by atoms with E-state index in [1.165, 1.54) is 6.08 Å². The summed E-state index contributed by atoms with van der Waals surface area (Å²) in [4.78, 5) is 25.0. The number of fused-ring (bicyclic) bond motifs is 9. The molecular formula is C26H14O2. The number of hydrogen-bond donors (Lipinski definition) is 0. The van der Waals surface area contributed by atoms with E-state index in [9.17, 15) is 9.59 Å². The monoisotopic (exact) mass is 358 g/mol. The highest BCUT2D eigenvalue weighted by Crippen LogP contribution is 2.39. The van der Waals surface area contributed by atoms with Crippen LogP contribution in [0.4, 0.5) is 0 Å². The number of ketones is 2. The molecular weight excluding hydrogens is 344 g/mol. The van der Waals surface area contributed by atoms with Gasteiger partial charge in [0.25, 0.3) is 0 Å². The van der Waals surface area contributed by atoms with Gasteiger partial charge in [0.1, 0.15) is 0 Å². The molecule has 0 saturated heterocycles. The smallest absolute Gasteiger partial charge is 0.234 e. The van der Waals surface area contributed by atoms with Gasteiger partial charge in [-0.3, -0.25) is 9.59 Å². The van der Waals surface area contributed by atoms with Gasteiger partial charge in [0, 0.05) is 10.9 Å². The predicted molar refractivity (Wildman–Crippen MR) is 115 cm³/mol. The number of rotatable bonds is 0. The number of Topliss-reactive ketones (excluding diaryl/α,β-unsaturated/α-hetero) is 1. The first-order valence-corrected chi connectivity index (χ1v) is 9.29. The van der Waals surface area contributed by atoms with Crippen LogP contribution >= 0.6 is 0 Å². The zero-order valence-corrected chi connectivity index (χ0v) is 14.9. The van der Waals surface area contributed by atoms with Gasteiger partial charge >= 0.3 is 0 Å². The van der Waals surface area contributed by atoms with Crippen LogP contribution in [0.2, 0.25) is 0 Å². The normalized spacial score (nSPS) is 13.7. The number of carbonyl (C=O) groups excluding carboxylic acids is 2. The minimum absolute atomic E-state index is 0.423. The molecule has 6 rings (SSSR count). The number of allylic oxidation sites excluding steroid dienone is 1. The van der Waals surface area contributed by atoms with E-state index < -0.39 is 11.6 Å². The van der Waals surface area contributed by atoms with Gasteiger partial charge in [-0.1, -0.05) is 78.9 Å². The molecule has 0 aliphatic heterocycles. The number of carbonyl (C=O) groups is 2. The predicted octanol–water partition coefficient (Wildman–Crippen LogP) is 6.08. The lowest BCUT2D eigenvalue weighted by molar-refractivity contribution is -0.110. The highest BCUT2D eigenvalue weighted by molar-refractivity contribution is 6.53. The van der Waals surface area contributed by atoms with Gasteiger partial charge in [-0.2, -0.15) is 0 Å². The summed E-state index contributed by atoms with van der Waals surface area (Å²) in [6.07, 6.45) is 3.12. The minimum atomic E-state index is -0.456. The summed E-state index contributed by atoms with van der Waals surface area (Å²) in [7, 11) is 0. The Labute approximate surface area is 160 Å². The fourth-order valence-corrected chi connectivity index (χ4v) is 4.49. The second-order valence-corrected chi connectivity index (χ2v) is 7.27. The zero-order chi connectivity index (χ0) is 18.8. The molecule has 1 aliphatic rings. The summed E-state index contributed by atoms with van der Waals surface area (Å²) in [5.74, 6) is -0.880.